The van der Waals surface area contributed by atoms with Crippen molar-refractivity contribution >= 4 is 5.97 Å². The van der Waals surface area contributed by atoms with Crippen LogP contribution in [0.4, 0.5) is 0 Å². The summed E-state index contributed by atoms with van der Waals surface area (Å²) in [7, 11) is 0. The van der Waals surface area contributed by atoms with Crippen molar-refractivity contribution in [3.63, 3.8) is 0 Å². The van der Waals surface area contributed by atoms with Gasteiger partial charge in [-0.15, -0.1) is 0 Å². The Bertz CT molecular complexity index is 318. The molecule has 14 heavy (non-hydrogen) atoms. The third kappa shape index (κ3) is 3.09. The number of hydrogen-bond acceptors (Lipinski definition) is 3. The second-order valence-electron chi connectivity index (χ2n) is 3.54. The Morgan fingerprint density at radius 3 is 2.79 bits per heavy atom. The molecule has 0 aliphatic heterocycles. The number of carbonyl (C=O) groups is 1. The third-order valence-electron chi connectivity index (χ3n) is 1.63. The van der Waals surface area contributed by atoms with Crippen molar-refractivity contribution < 1.29 is 14.6 Å². The lowest BCUT2D eigenvalue weighted by atomic mass is 10.2. The van der Waals surface area contributed by atoms with Gasteiger partial charge >= 0.3 is 5.97 Å². The van der Waals surface area contributed by atoms with E-state index < -0.39 is 5.97 Å². The molecule has 0 spiro atoms. The molecule has 1 rings (SSSR count). The van der Waals surface area contributed by atoms with Crippen molar-refractivity contribution in [2.75, 3.05) is 6.61 Å². The Morgan fingerprint density at radius 2 is 2.21 bits per heavy atom. The van der Waals surface area contributed by atoms with Gasteiger partial charge in [0.25, 0.3) is 0 Å². The number of phenols is 1. The van der Waals surface area contributed by atoms with Crippen LogP contribution in [0.25, 0.3) is 0 Å². The first-order valence-corrected chi connectivity index (χ1v) is 4.55. The van der Waals surface area contributed by atoms with E-state index >= 15 is 0 Å². The van der Waals surface area contributed by atoms with Crippen molar-refractivity contribution in [3.05, 3.63) is 29.8 Å². The Morgan fingerprint density at radius 1 is 1.50 bits per heavy atom. The fourth-order valence-electron chi connectivity index (χ4n) is 0.959. The summed E-state index contributed by atoms with van der Waals surface area (Å²) in [6.45, 7) is 4.33. The summed E-state index contributed by atoms with van der Waals surface area (Å²) < 4.78 is 4.99. The lowest BCUT2D eigenvalue weighted by Gasteiger charge is -2.06. The molecule has 0 radical (unpaired) electrons. The normalized spacial score (nSPS) is 10.2. The summed E-state index contributed by atoms with van der Waals surface area (Å²) in [5.74, 6) is -0.00476. The van der Waals surface area contributed by atoms with E-state index in [0.29, 0.717) is 18.1 Å². The molecule has 0 heterocycles. The number of phenolic OH excluding ortho intramolecular Hbond substituents is 1. The maximum atomic E-state index is 11.4. The van der Waals surface area contributed by atoms with Crippen molar-refractivity contribution in [2.24, 2.45) is 5.92 Å². The third-order valence-corrected chi connectivity index (χ3v) is 1.63. The molecule has 3 heteroatoms. The van der Waals surface area contributed by atoms with Crippen molar-refractivity contribution in [1.82, 2.24) is 0 Å². The Kier molecular flexibility index (Phi) is 3.51. The largest absolute Gasteiger partial charge is 0.508 e. The molecular formula is C11H14O3. The molecule has 0 fully saturated rings. The van der Waals surface area contributed by atoms with Gasteiger partial charge in [0.2, 0.25) is 0 Å². The summed E-state index contributed by atoms with van der Waals surface area (Å²) in [5, 5.41) is 9.13. The maximum Gasteiger partial charge on any atom is 0.338 e. The predicted molar refractivity (Wildman–Crippen MR) is 53.2 cm³/mol. The van der Waals surface area contributed by atoms with Crippen molar-refractivity contribution in [2.45, 2.75) is 13.8 Å². The fraction of sp³-hybridized carbons (Fsp3) is 0.364. The van der Waals surface area contributed by atoms with Gasteiger partial charge in [-0.25, -0.2) is 4.79 Å². The minimum Gasteiger partial charge on any atom is -0.508 e. The molecule has 0 aliphatic carbocycles. The smallest absolute Gasteiger partial charge is 0.338 e. The number of ether oxygens (including phenoxy) is 1. The summed E-state index contributed by atoms with van der Waals surface area (Å²) in [5.41, 5.74) is 0.380. The van der Waals surface area contributed by atoms with Gasteiger partial charge in [-0.1, -0.05) is 19.9 Å². The summed E-state index contributed by atoms with van der Waals surface area (Å²) in [6, 6.07) is 6.13. The lowest BCUT2D eigenvalue weighted by Crippen LogP contribution is -2.09. The Labute approximate surface area is 83.3 Å². The van der Waals surface area contributed by atoms with Crippen molar-refractivity contribution in [1.29, 1.82) is 0 Å². The van der Waals surface area contributed by atoms with Gasteiger partial charge < -0.3 is 9.84 Å². The molecule has 0 aliphatic rings. The molecule has 0 saturated heterocycles. The highest BCUT2D eigenvalue weighted by molar-refractivity contribution is 5.89. The van der Waals surface area contributed by atoms with Crippen molar-refractivity contribution in [3.8, 4) is 5.75 Å². The van der Waals surface area contributed by atoms with Gasteiger partial charge in [0.15, 0.2) is 0 Å². The van der Waals surface area contributed by atoms with E-state index in [1.54, 1.807) is 12.1 Å². The molecule has 0 saturated carbocycles. The number of aromatic hydroxyl groups is 1. The molecule has 1 aromatic rings. The number of hydrogen-bond donors (Lipinski definition) is 1. The molecule has 0 unspecified atom stereocenters. The molecule has 0 bridgehead atoms. The zero-order valence-electron chi connectivity index (χ0n) is 8.36. The molecule has 76 valence electrons. The van der Waals surface area contributed by atoms with Crippen LogP contribution in [0.5, 0.6) is 5.75 Å². The van der Waals surface area contributed by atoms with E-state index in [1.807, 2.05) is 13.8 Å². The Hall–Kier alpha value is -1.51. The summed E-state index contributed by atoms with van der Waals surface area (Å²) in [4.78, 5) is 11.4. The van der Waals surface area contributed by atoms with Crippen LogP contribution < -0.4 is 0 Å². The van der Waals surface area contributed by atoms with Gasteiger partial charge in [0, 0.05) is 0 Å². The fourth-order valence-corrected chi connectivity index (χ4v) is 0.959. The highest BCUT2D eigenvalue weighted by Crippen LogP contribution is 2.12. The van der Waals surface area contributed by atoms with E-state index in [2.05, 4.69) is 0 Å². The van der Waals surface area contributed by atoms with Crippen LogP contribution in [0, 0.1) is 5.92 Å². The predicted octanol–water partition coefficient (Wildman–Crippen LogP) is 2.21. The highest BCUT2D eigenvalue weighted by atomic mass is 16.5. The number of rotatable bonds is 3. The number of benzene rings is 1. The van der Waals surface area contributed by atoms with Gasteiger partial charge in [-0.05, 0) is 24.1 Å². The molecule has 0 amide bonds. The number of carbonyl (C=O) groups excluding carboxylic acids is 1. The second-order valence-corrected chi connectivity index (χ2v) is 3.54. The zero-order valence-corrected chi connectivity index (χ0v) is 8.36. The van der Waals surface area contributed by atoms with Crippen LogP contribution >= 0.6 is 0 Å². The topological polar surface area (TPSA) is 46.5 Å². The minimum atomic E-state index is -0.394. The average molecular weight is 194 g/mol. The van der Waals surface area contributed by atoms with E-state index in [-0.39, 0.29) is 5.75 Å². The second kappa shape index (κ2) is 4.65. The monoisotopic (exact) mass is 194 g/mol. The van der Waals surface area contributed by atoms with Gasteiger partial charge in [0.05, 0.1) is 12.2 Å². The van der Waals surface area contributed by atoms with Crippen LogP contribution in [0.2, 0.25) is 0 Å². The first-order chi connectivity index (χ1) is 6.59. The van der Waals surface area contributed by atoms with E-state index in [9.17, 15) is 4.79 Å². The van der Waals surface area contributed by atoms with Crippen LogP contribution in [-0.4, -0.2) is 17.7 Å². The van der Waals surface area contributed by atoms with Crippen LogP contribution in [0.3, 0.4) is 0 Å². The Balaban J connectivity index is 2.61. The van der Waals surface area contributed by atoms with Crippen LogP contribution in [0.1, 0.15) is 24.2 Å². The average Bonchev–Trinajstić information content (AvgIpc) is 2.14. The first kappa shape index (κ1) is 10.6. The summed E-state index contributed by atoms with van der Waals surface area (Å²) >= 11 is 0. The SMILES string of the molecule is CC(C)COC(=O)c1cccc(O)c1. The standard InChI is InChI=1S/C11H14O3/c1-8(2)7-14-11(13)9-4-3-5-10(12)6-9/h3-6,8,12H,7H2,1-2H3. The summed E-state index contributed by atoms with van der Waals surface area (Å²) in [6.07, 6.45) is 0. The van der Waals surface area contributed by atoms with Crippen LogP contribution in [0.15, 0.2) is 24.3 Å². The lowest BCUT2D eigenvalue weighted by molar-refractivity contribution is 0.0458. The highest BCUT2D eigenvalue weighted by Gasteiger charge is 2.07. The van der Waals surface area contributed by atoms with Gasteiger partial charge in [0.1, 0.15) is 5.75 Å². The zero-order chi connectivity index (χ0) is 10.6. The number of esters is 1. The quantitative estimate of drug-likeness (QED) is 0.750. The van der Waals surface area contributed by atoms with E-state index in [4.69, 9.17) is 9.84 Å². The molecule has 1 N–H and O–H groups in total. The molecule has 3 nitrogen and oxygen atoms in total. The minimum absolute atomic E-state index is 0.0731. The van der Waals surface area contributed by atoms with Gasteiger partial charge in [-0.3, -0.25) is 0 Å². The molecule has 1 aromatic carbocycles. The first-order valence-electron chi connectivity index (χ1n) is 4.55. The molecule has 0 atom stereocenters. The van der Waals surface area contributed by atoms with E-state index in [0.717, 1.165) is 0 Å². The van der Waals surface area contributed by atoms with Crippen LogP contribution in [-0.2, 0) is 4.74 Å². The molecule has 0 aromatic heterocycles. The van der Waals surface area contributed by atoms with E-state index in [1.165, 1.54) is 12.1 Å². The molecular weight excluding hydrogens is 180 g/mol. The maximum absolute atomic E-state index is 11.4. The van der Waals surface area contributed by atoms with Gasteiger partial charge in [-0.2, -0.15) is 0 Å².